The van der Waals surface area contributed by atoms with E-state index in [1.807, 2.05) is 38.1 Å². The number of methoxy groups -OCH3 is 1. The number of anilines is 1. The molecular formula is C23H29BrClN3O5S. The zero-order valence-corrected chi connectivity index (χ0v) is 22.9. The Labute approximate surface area is 214 Å². The Morgan fingerprint density at radius 2 is 1.82 bits per heavy atom. The second kappa shape index (κ2) is 11.9. The number of amides is 2. The molecule has 8 nitrogen and oxygen atoms in total. The molecular weight excluding hydrogens is 546 g/mol. The maximum absolute atomic E-state index is 13.5. The predicted octanol–water partition coefficient (Wildman–Crippen LogP) is 3.82. The highest BCUT2D eigenvalue weighted by atomic mass is 79.9. The van der Waals surface area contributed by atoms with Gasteiger partial charge >= 0.3 is 0 Å². The molecule has 0 heterocycles. The highest BCUT2D eigenvalue weighted by Gasteiger charge is 2.31. The van der Waals surface area contributed by atoms with Crippen LogP contribution in [0.2, 0.25) is 5.02 Å². The van der Waals surface area contributed by atoms with Crippen LogP contribution in [0.15, 0.2) is 46.9 Å². The summed E-state index contributed by atoms with van der Waals surface area (Å²) < 4.78 is 32.4. The van der Waals surface area contributed by atoms with Gasteiger partial charge in [0.1, 0.15) is 18.3 Å². The van der Waals surface area contributed by atoms with Gasteiger partial charge in [-0.2, -0.15) is 0 Å². The van der Waals surface area contributed by atoms with E-state index in [1.54, 1.807) is 13.0 Å². The monoisotopic (exact) mass is 573 g/mol. The Morgan fingerprint density at radius 3 is 2.38 bits per heavy atom. The number of hydrogen-bond donors (Lipinski definition) is 1. The second-order valence-electron chi connectivity index (χ2n) is 8.08. The molecule has 34 heavy (non-hydrogen) atoms. The lowest BCUT2D eigenvalue weighted by Crippen LogP contribution is -2.52. The molecule has 0 fully saturated rings. The number of rotatable bonds is 10. The number of halogens is 2. The van der Waals surface area contributed by atoms with Crippen LogP contribution in [0, 0.1) is 0 Å². The predicted molar refractivity (Wildman–Crippen MR) is 138 cm³/mol. The molecule has 0 aromatic heterocycles. The van der Waals surface area contributed by atoms with Crippen molar-refractivity contribution < 1.29 is 22.7 Å². The molecule has 2 amide bonds. The van der Waals surface area contributed by atoms with Crippen LogP contribution in [0.5, 0.6) is 5.75 Å². The highest BCUT2D eigenvalue weighted by molar-refractivity contribution is 9.10. The lowest BCUT2D eigenvalue weighted by atomic mass is 10.1. The Bertz CT molecular complexity index is 1140. The molecule has 1 atom stereocenters. The molecule has 0 bridgehead atoms. The maximum Gasteiger partial charge on any atom is 0.244 e. The van der Waals surface area contributed by atoms with Gasteiger partial charge in [0.2, 0.25) is 21.8 Å². The average molecular weight is 575 g/mol. The van der Waals surface area contributed by atoms with Crippen LogP contribution in [0.25, 0.3) is 0 Å². The van der Waals surface area contributed by atoms with Crippen LogP contribution in [0.3, 0.4) is 0 Å². The van der Waals surface area contributed by atoms with Crippen LogP contribution < -0.4 is 14.4 Å². The lowest BCUT2D eigenvalue weighted by Gasteiger charge is -2.32. The van der Waals surface area contributed by atoms with Gasteiger partial charge in [-0.3, -0.25) is 13.9 Å². The standard InChI is InChI=1S/C23H29BrClN3O5S/c1-15(2)26-23(30)16(3)27(13-17-7-6-8-18(24)11-17)22(29)14-28(34(5,31)32)20-12-19(25)9-10-21(20)33-4/h6-12,15-16H,13-14H2,1-5H3,(H,26,30)/t16-/m0/s1. The number of nitrogens with one attached hydrogen (secondary N) is 1. The number of hydrogen-bond acceptors (Lipinski definition) is 5. The van der Waals surface area contributed by atoms with Gasteiger partial charge in [-0.15, -0.1) is 0 Å². The van der Waals surface area contributed by atoms with E-state index in [4.69, 9.17) is 16.3 Å². The smallest absolute Gasteiger partial charge is 0.244 e. The molecule has 0 radical (unpaired) electrons. The fraction of sp³-hybridized carbons (Fsp3) is 0.391. The molecule has 186 valence electrons. The van der Waals surface area contributed by atoms with Gasteiger partial charge in [0.25, 0.3) is 0 Å². The summed E-state index contributed by atoms with van der Waals surface area (Å²) in [4.78, 5) is 27.7. The minimum atomic E-state index is -3.90. The Hall–Kier alpha value is -2.30. The minimum Gasteiger partial charge on any atom is -0.495 e. The Morgan fingerprint density at radius 1 is 1.15 bits per heavy atom. The first-order valence-corrected chi connectivity index (χ1v) is 13.5. The van der Waals surface area contributed by atoms with E-state index in [0.29, 0.717) is 0 Å². The van der Waals surface area contributed by atoms with E-state index in [1.165, 1.54) is 24.1 Å². The summed E-state index contributed by atoms with van der Waals surface area (Å²) in [6.07, 6.45) is 0.994. The largest absolute Gasteiger partial charge is 0.495 e. The molecule has 1 N–H and O–H groups in total. The molecule has 11 heteroatoms. The number of benzene rings is 2. The first kappa shape index (κ1) is 27.9. The van der Waals surface area contributed by atoms with E-state index in [-0.39, 0.29) is 35.0 Å². The van der Waals surface area contributed by atoms with Gasteiger partial charge < -0.3 is 15.0 Å². The van der Waals surface area contributed by atoms with Crippen LogP contribution in [-0.4, -0.2) is 57.1 Å². The summed E-state index contributed by atoms with van der Waals surface area (Å²) in [6, 6.07) is 10.9. The van der Waals surface area contributed by atoms with Crippen molar-refractivity contribution in [1.82, 2.24) is 10.2 Å². The summed E-state index contributed by atoms with van der Waals surface area (Å²) >= 11 is 9.51. The van der Waals surface area contributed by atoms with E-state index >= 15 is 0 Å². The fourth-order valence-corrected chi connectivity index (χ4v) is 4.73. The van der Waals surface area contributed by atoms with Crippen LogP contribution in [0.4, 0.5) is 5.69 Å². The molecule has 0 unspecified atom stereocenters. The first-order chi connectivity index (χ1) is 15.8. The van der Waals surface area contributed by atoms with Crippen molar-refractivity contribution in [3.05, 3.63) is 57.5 Å². The van der Waals surface area contributed by atoms with E-state index in [9.17, 15) is 18.0 Å². The molecule has 2 aromatic carbocycles. The van der Waals surface area contributed by atoms with Crippen molar-refractivity contribution in [2.24, 2.45) is 0 Å². The van der Waals surface area contributed by atoms with Gasteiger partial charge in [-0.25, -0.2) is 8.42 Å². The zero-order chi connectivity index (χ0) is 25.6. The highest BCUT2D eigenvalue weighted by Crippen LogP contribution is 2.33. The molecule has 0 saturated heterocycles. The van der Waals surface area contributed by atoms with E-state index < -0.39 is 28.5 Å². The van der Waals surface area contributed by atoms with Crippen LogP contribution >= 0.6 is 27.5 Å². The third-order valence-electron chi connectivity index (χ3n) is 4.93. The molecule has 0 saturated carbocycles. The summed E-state index contributed by atoms with van der Waals surface area (Å²) in [7, 11) is -2.51. The molecule has 0 aliphatic heterocycles. The topological polar surface area (TPSA) is 96.0 Å². The normalized spacial score (nSPS) is 12.2. The summed E-state index contributed by atoms with van der Waals surface area (Å²) in [5.41, 5.74) is 0.908. The fourth-order valence-electron chi connectivity index (χ4n) is 3.27. The summed E-state index contributed by atoms with van der Waals surface area (Å²) in [6.45, 7) is 4.82. The van der Waals surface area contributed by atoms with Gasteiger partial charge in [-0.1, -0.05) is 39.7 Å². The van der Waals surface area contributed by atoms with Crippen molar-refractivity contribution in [2.45, 2.75) is 39.4 Å². The molecule has 0 aliphatic rings. The van der Waals surface area contributed by atoms with Gasteiger partial charge in [0.15, 0.2) is 0 Å². The number of nitrogens with zero attached hydrogens (tertiary/aromatic N) is 2. The summed E-state index contributed by atoms with van der Waals surface area (Å²) in [5.74, 6) is -0.657. The second-order valence-corrected chi connectivity index (χ2v) is 11.3. The molecule has 2 aromatic rings. The van der Waals surface area contributed by atoms with Crippen molar-refractivity contribution in [3.8, 4) is 5.75 Å². The van der Waals surface area contributed by atoms with Crippen LogP contribution in [0.1, 0.15) is 26.3 Å². The van der Waals surface area contributed by atoms with Gasteiger partial charge in [0, 0.05) is 22.1 Å². The third-order valence-corrected chi connectivity index (χ3v) is 6.78. The minimum absolute atomic E-state index is 0.106. The van der Waals surface area contributed by atoms with Crippen LogP contribution in [-0.2, 0) is 26.2 Å². The average Bonchev–Trinajstić information content (AvgIpc) is 2.74. The molecule has 0 aliphatic carbocycles. The van der Waals surface area contributed by atoms with E-state index in [2.05, 4.69) is 21.2 Å². The van der Waals surface area contributed by atoms with E-state index in [0.717, 1.165) is 20.6 Å². The Balaban J connectivity index is 2.47. The number of carbonyl (C=O) groups excluding carboxylic acids is 2. The van der Waals surface area contributed by atoms with Crippen molar-refractivity contribution in [2.75, 3.05) is 24.2 Å². The van der Waals surface area contributed by atoms with Crippen molar-refractivity contribution in [1.29, 1.82) is 0 Å². The third kappa shape index (κ3) is 7.61. The lowest BCUT2D eigenvalue weighted by molar-refractivity contribution is -0.139. The van der Waals surface area contributed by atoms with Crippen molar-refractivity contribution >= 4 is 55.1 Å². The van der Waals surface area contributed by atoms with Crippen molar-refractivity contribution in [3.63, 3.8) is 0 Å². The molecule has 2 rings (SSSR count). The molecule has 0 spiro atoms. The van der Waals surface area contributed by atoms with Gasteiger partial charge in [-0.05, 0) is 56.7 Å². The zero-order valence-electron chi connectivity index (χ0n) is 19.7. The quantitative estimate of drug-likeness (QED) is 0.466. The number of sulfonamides is 1. The maximum atomic E-state index is 13.5. The van der Waals surface area contributed by atoms with Gasteiger partial charge in [0.05, 0.1) is 19.1 Å². The summed E-state index contributed by atoms with van der Waals surface area (Å²) in [5, 5.41) is 3.09. The SMILES string of the molecule is COc1ccc(Cl)cc1N(CC(=O)N(Cc1cccc(Br)c1)[C@@H](C)C(=O)NC(C)C)S(C)(=O)=O. The number of carbonyl (C=O) groups is 2. The number of ether oxygens (including phenoxy) is 1. The first-order valence-electron chi connectivity index (χ1n) is 10.5. The Kier molecular flexibility index (Phi) is 9.78.